The molecule has 0 radical (unpaired) electrons. The van der Waals surface area contributed by atoms with Gasteiger partial charge in [-0.2, -0.15) is 0 Å². The average Bonchev–Trinajstić information content (AvgIpc) is 2.88. The first-order valence-corrected chi connectivity index (χ1v) is 11.7. The fourth-order valence-electron chi connectivity index (χ4n) is 4.52. The number of likely N-dealkylation sites (tertiary alicyclic amines) is 1. The summed E-state index contributed by atoms with van der Waals surface area (Å²) in [5, 5.41) is 2.85. The summed E-state index contributed by atoms with van der Waals surface area (Å²) in [4.78, 5) is 19.3. The molecule has 1 amide bonds. The van der Waals surface area contributed by atoms with Crippen molar-refractivity contribution in [2.45, 2.75) is 25.8 Å². The molecule has 1 N–H and O–H groups in total. The van der Waals surface area contributed by atoms with Crippen molar-refractivity contribution < 1.29 is 12.3 Å². The second-order valence-electron chi connectivity index (χ2n) is 8.85. The highest BCUT2D eigenvalue weighted by atomic mass is 16.5. The quantitative estimate of drug-likeness (QED) is 0.660. The molecule has 2 aliphatic rings. The predicted octanol–water partition coefficient (Wildman–Crippen LogP) is 3.95. The number of hydrogen-bond donors (Lipinski definition) is 1. The molecule has 1 saturated heterocycles. The molecule has 0 aliphatic carbocycles. The molecule has 2 aromatic carbocycles. The highest BCUT2D eigenvalue weighted by molar-refractivity contribution is 5.96. The third kappa shape index (κ3) is 6.15. The average molecular weight is 451 g/mol. The summed E-state index contributed by atoms with van der Waals surface area (Å²) in [5.41, 5.74) is 2.57. The number of nitrogens with one attached hydrogen (secondary N) is 1. The highest BCUT2D eigenvalue weighted by Crippen LogP contribution is 2.31. The fraction of sp³-hybridized carbons (Fsp3) is 0.444. The van der Waals surface area contributed by atoms with Crippen molar-refractivity contribution in [3.63, 3.8) is 0 Å². The largest absolute Gasteiger partial charge is 0.495 e. The van der Waals surface area contributed by atoms with Crippen molar-refractivity contribution in [2.75, 3.05) is 51.9 Å². The van der Waals surface area contributed by atoms with Gasteiger partial charge >= 0.3 is 0 Å². The van der Waals surface area contributed by atoms with E-state index < -0.39 is 13.2 Å². The first-order chi connectivity index (χ1) is 16.9. The van der Waals surface area contributed by atoms with E-state index in [1.165, 1.54) is 5.56 Å². The van der Waals surface area contributed by atoms with Crippen molar-refractivity contribution in [1.29, 1.82) is 0 Å². The van der Waals surface area contributed by atoms with Crippen LogP contribution in [0.25, 0.3) is 0 Å². The van der Waals surface area contributed by atoms with Crippen LogP contribution in [0, 0.1) is 5.92 Å². The van der Waals surface area contributed by atoms with Gasteiger partial charge in [0.2, 0.25) is 0 Å². The number of carbonyl (C=O) groups is 1. The Morgan fingerprint density at radius 3 is 2.73 bits per heavy atom. The molecule has 4 rings (SSSR count). The number of ether oxygens (including phenoxy) is 1. The maximum Gasteiger partial charge on any atom is 0.253 e. The van der Waals surface area contributed by atoms with Gasteiger partial charge in [0.1, 0.15) is 5.75 Å². The maximum absolute atomic E-state index is 13.3. The summed E-state index contributed by atoms with van der Waals surface area (Å²) in [7, 11) is 3.75. The fourth-order valence-corrected chi connectivity index (χ4v) is 4.52. The molecule has 2 aromatic rings. The van der Waals surface area contributed by atoms with E-state index in [9.17, 15) is 4.79 Å². The number of methoxy groups -OCH3 is 1. The van der Waals surface area contributed by atoms with Crippen LogP contribution in [0.4, 0.5) is 5.69 Å². The van der Waals surface area contributed by atoms with Crippen LogP contribution in [0.2, 0.25) is 0 Å². The first-order valence-electron chi connectivity index (χ1n) is 12.9. The van der Waals surface area contributed by atoms with E-state index in [-0.39, 0.29) is 5.91 Å². The van der Waals surface area contributed by atoms with E-state index >= 15 is 0 Å². The Kier molecular flexibility index (Phi) is 7.14. The Balaban J connectivity index is 1.32. The molecule has 2 aliphatic heterocycles. The molecule has 2 heterocycles. The minimum Gasteiger partial charge on any atom is -0.495 e. The number of hydrogen-bond acceptors (Lipinski definition) is 5. The third-order valence-corrected chi connectivity index (χ3v) is 6.47. The lowest BCUT2D eigenvalue weighted by atomic mass is 9.93. The normalized spacial score (nSPS) is 22.3. The van der Waals surface area contributed by atoms with Crippen molar-refractivity contribution in [1.82, 2.24) is 15.1 Å². The molecule has 33 heavy (non-hydrogen) atoms. The first kappa shape index (κ1) is 20.8. The summed E-state index contributed by atoms with van der Waals surface area (Å²) in [6, 6.07) is 15.9. The van der Waals surface area contributed by atoms with Gasteiger partial charge in [-0.1, -0.05) is 36.4 Å². The Morgan fingerprint density at radius 2 is 2.00 bits per heavy atom. The maximum atomic E-state index is 13.3. The van der Waals surface area contributed by atoms with Crippen LogP contribution in [0.1, 0.15) is 37.9 Å². The minimum absolute atomic E-state index is 0.0161. The van der Waals surface area contributed by atoms with Crippen LogP contribution in [-0.4, -0.2) is 62.7 Å². The van der Waals surface area contributed by atoms with E-state index in [0.717, 1.165) is 45.4 Å². The number of anilines is 1. The van der Waals surface area contributed by atoms with Crippen molar-refractivity contribution in [3.05, 3.63) is 71.9 Å². The summed E-state index contributed by atoms with van der Waals surface area (Å²) >= 11 is 0. The highest BCUT2D eigenvalue weighted by Gasteiger charge is 2.25. The smallest absolute Gasteiger partial charge is 0.253 e. The topological polar surface area (TPSA) is 48.1 Å². The Labute approximate surface area is 200 Å². The van der Waals surface area contributed by atoms with Gasteiger partial charge in [0.25, 0.3) is 5.91 Å². The molecule has 0 saturated carbocycles. The van der Waals surface area contributed by atoms with Crippen LogP contribution >= 0.6 is 0 Å². The van der Waals surface area contributed by atoms with Crippen LogP contribution in [0.3, 0.4) is 0 Å². The second kappa shape index (κ2) is 11.3. The molecule has 176 valence electrons. The molecule has 0 bridgehead atoms. The van der Waals surface area contributed by atoms with E-state index in [0.29, 0.717) is 22.9 Å². The zero-order valence-electron chi connectivity index (χ0n) is 21.6. The van der Waals surface area contributed by atoms with Gasteiger partial charge < -0.3 is 19.4 Å². The summed E-state index contributed by atoms with van der Waals surface area (Å²) < 4.78 is 21.6. The number of nitrogens with zero attached hydrogens (tertiary/aromatic N) is 3. The van der Waals surface area contributed by atoms with Crippen molar-refractivity contribution in [2.24, 2.45) is 5.92 Å². The molecule has 2 atom stereocenters. The summed E-state index contributed by atoms with van der Waals surface area (Å²) in [6.07, 6.45) is 6.56. The third-order valence-electron chi connectivity index (χ3n) is 6.47. The summed E-state index contributed by atoms with van der Waals surface area (Å²) in [6.45, 7) is 2.10. The van der Waals surface area contributed by atoms with Gasteiger partial charge in [-0.25, -0.2) is 0 Å². The van der Waals surface area contributed by atoms with Crippen LogP contribution in [-0.2, 0) is 6.54 Å². The Hall–Kier alpha value is -2.83. The molecule has 0 aromatic heterocycles. The lowest BCUT2D eigenvalue weighted by molar-refractivity contribution is 0.0682. The number of benzene rings is 2. The van der Waals surface area contributed by atoms with E-state index in [2.05, 4.69) is 41.5 Å². The van der Waals surface area contributed by atoms with Gasteiger partial charge in [-0.05, 0) is 62.5 Å². The number of rotatable bonds is 8. The van der Waals surface area contributed by atoms with Crippen LogP contribution < -0.4 is 15.0 Å². The molecule has 6 heteroatoms. The Morgan fingerprint density at radius 1 is 1.21 bits per heavy atom. The molecular weight excluding hydrogens is 412 g/mol. The Bertz CT molecular complexity index is 1010. The monoisotopic (exact) mass is 450 g/mol. The zero-order valence-corrected chi connectivity index (χ0v) is 19.6. The lowest BCUT2D eigenvalue weighted by Gasteiger charge is -2.33. The molecule has 2 unspecified atom stereocenters. The van der Waals surface area contributed by atoms with Gasteiger partial charge in [-0.3, -0.25) is 10.1 Å². The SMILES string of the molecule is [2H]C1C=CN(c2cc(C(=O)N3CCC(CCN(C)Cc4ccccc4)CC3)ccc2OC)C([2H])N1. The summed E-state index contributed by atoms with van der Waals surface area (Å²) in [5.74, 6) is 1.24. The number of piperidine rings is 1. The van der Waals surface area contributed by atoms with E-state index in [1.807, 2.05) is 11.0 Å². The van der Waals surface area contributed by atoms with Crippen LogP contribution in [0.15, 0.2) is 60.8 Å². The van der Waals surface area contributed by atoms with Gasteiger partial charge in [0, 0.05) is 39.3 Å². The number of amides is 1. The van der Waals surface area contributed by atoms with Gasteiger partial charge in [0.05, 0.1) is 20.8 Å². The van der Waals surface area contributed by atoms with Gasteiger partial charge in [-0.15, -0.1) is 0 Å². The van der Waals surface area contributed by atoms with E-state index in [1.54, 1.807) is 42.5 Å². The van der Waals surface area contributed by atoms with Crippen molar-refractivity contribution in [3.8, 4) is 5.75 Å². The lowest BCUT2D eigenvalue weighted by Crippen LogP contribution is -2.39. The van der Waals surface area contributed by atoms with Crippen molar-refractivity contribution >= 4 is 11.6 Å². The molecule has 1 fully saturated rings. The molecule has 0 spiro atoms. The van der Waals surface area contributed by atoms with E-state index in [4.69, 9.17) is 7.48 Å². The molecule has 6 nitrogen and oxygen atoms in total. The minimum atomic E-state index is -0.822. The predicted molar refractivity (Wildman–Crippen MR) is 134 cm³/mol. The van der Waals surface area contributed by atoms with Crippen LogP contribution in [0.5, 0.6) is 5.75 Å². The second-order valence-corrected chi connectivity index (χ2v) is 8.85. The zero-order chi connectivity index (χ0) is 24.8. The number of carbonyl (C=O) groups excluding carboxylic acids is 1. The standard InChI is InChI=1S/C27H36N4O2/c1-29(20-23-7-4-3-5-8-23)16-11-22-12-17-30(18-13-22)27(32)24-9-10-26(33-2)25(19-24)31-15-6-14-28-21-31/h3-10,15,19,22,28H,11-14,16-18,20-21H2,1-2H3/i14D,21D. The van der Waals surface area contributed by atoms with Gasteiger partial charge in [0.15, 0.2) is 0 Å². The molecular formula is C27H36N4O2.